The fourth-order valence-electron chi connectivity index (χ4n) is 2.30. The summed E-state index contributed by atoms with van der Waals surface area (Å²) in [4.78, 5) is 24.0. The van der Waals surface area contributed by atoms with Crippen LogP contribution in [0.4, 0.5) is 0 Å². The number of ether oxygens (including phenoxy) is 2. The molecular formula is C21H25N3O4S. The van der Waals surface area contributed by atoms with Gasteiger partial charge in [0.15, 0.2) is 11.7 Å². The van der Waals surface area contributed by atoms with Crippen LogP contribution in [-0.2, 0) is 11.2 Å². The number of hydrogen-bond acceptors (Lipinski definition) is 5. The summed E-state index contributed by atoms with van der Waals surface area (Å²) in [5.74, 6) is 0.434. The highest BCUT2D eigenvalue weighted by Gasteiger charge is 2.09. The van der Waals surface area contributed by atoms with E-state index < -0.39 is 11.8 Å². The Bertz CT molecular complexity index is 836. The van der Waals surface area contributed by atoms with Gasteiger partial charge in [0.2, 0.25) is 0 Å². The monoisotopic (exact) mass is 415 g/mol. The first kappa shape index (κ1) is 22.2. The van der Waals surface area contributed by atoms with Crippen LogP contribution in [0.1, 0.15) is 36.7 Å². The minimum Gasteiger partial charge on any atom is -0.491 e. The lowest BCUT2D eigenvalue weighted by Gasteiger charge is -2.12. The molecule has 0 heterocycles. The highest BCUT2D eigenvalue weighted by Crippen LogP contribution is 2.14. The number of benzene rings is 2. The number of thiocarbonyl (C=S) groups is 1. The lowest BCUT2D eigenvalue weighted by molar-refractivity contribution is -0.123. The maximum Gasteiger partial charge on any atom is 0.276 e. The van der Waals surface area contributed by atoms with Gasteiger partial charge in [-0.1, -0.05) is 19.1 Å². The Hall–Kier alpha value is -3.13. The van der Waals surface area contributed by atoms with E-state index in [1.54, 1.807) is 24.3 Å². The predicted molar refractivity (Wildman–Crippen MR) is 115 cm³/mol. The summed E-state index contributed by atoms with van der Waals surface area (Å²) in [6, 6.07) is 14.2. The van der Waals surface area contributed by atoms with Crippen LogP contribution in [-0.4, -0.2) is 29.6 Å². The molecule has 0 aliphatic rings. The maximum atomic E-state index is 12.2. The average molecular weight is 416 g/mol. The van der Waals surface area contributed by atoms with Gasteiger partial charge in [-0.15, -0.1) is 0 Å². The third kappa shape index (κ3) is 7.79. The maximum absolute atomic E-state index is 12.2. The summed E-state index contributed by atoms with van der Waals surface area (Å²) < 4.78 is 10.9. The van der Waals surface area contributed by atoms with Crippen LogP contribution in [0.2, 0.25) is 0 Å². The van der Waals surface area contributed by atoms with Gasteiger partial charge in [0.25, 0.3) is 11.8 Å². The van der Waals surface area contributed by atoms with E-state index in [4.69, 9.17) is 21.7 Å². The third-order valence-electron chi connectivity index (χ3n) is 3.73. The highest BCUT2D eigenvalue weighted by molar-refractivity contribution is 7.80. The van der Waals surface area contributed by atoms with Crippen LogP contribution in [0.5, 0.6) is 11.5 Å². The zero-order valence-electron chi connectivity index (χ0n) is 16.7. The normalized spacial score (nSPS) is 10.2. The number of hydrazine groups is 1. The fourth-order valence-corrected chi connectivity index (χ4v) is 2.44. The van der Waals surface area contributed by atoms with Crippen molar-refractivity contribution < 1.29 is 19.1 Å². The second-order valence-corrected chi connectivity index (χ2v) is 6.84. The van der Waals surface area contributed by atoms with E-state index in [0.29, 0.717) is 17.1 Å². The van der Waals surface area contributed by atoms with Crippen LogP contribution in [0.25, 0.3) is 0 Å². The molecule has 0 aliphatic heterocycles. The number of carbonyl (C=O) groups excluding carboxylic acids is 2. The molecular weight excluding hydrogens is 390 g/mol. The standard InChI is InChI=1S/C21H25N3O4S/c1-4-15-5-9-17(10-6-15)27-13-19(25)23-24-21(29)22-20(26)16-7-11-18(12-8-16)28-14(2)3/h5-12,14H,4,13H2,1-3H3,(H,23,25)(H2,22,24,26,29). The van der Waals surface area contributed by atoms with Crippen molar-refractivity contribution in [2.24, 2.45) is 0 Å². The van der Waals surface area contributed by atoms with Gasteiger partial charge in [-0.25, -0.2) is 0 Å². The van der Waals surface area contributed by atoms with Gasteiger partial charge >= 0.3 is 0 Å². The third-order valence-corrected chi connectivity index (χ3v) is 3.94. The molecule has 0 saturated carbocycles. The second kappa shape index (κ2) is 11.0. The van der Waals surface area contributed by atoms with Crippen molar-refractivity contribution >= 4 is 29.1 Å². The average Bonchev–Trinajstić information content (AvgIpc) is 2.71. The number of nitrogens with one attached hydrogen (secondary N) is 3. The molecule has 3 N–H and O–H groups in total. The van der Waals surface area contributed by atoms with Gasteiger partial charge in [-0.05, 0) is 74.4 Å². The van der Waals surface area contributed by atoms with Crippen LogP contribution in [0.3, 0.4) is 0 Å². The van der Waals surface area contributed by atoms with E-state index in [9.17, 15) is 9.59 Å². The molecule has 0 spiro atoms. The van der Waals surface area contributed by atoms with Crippen molar-refractivity contribution in [3.63, 3.8) is 0 Å². The summed E-state index contributed by atoms with van der Waals surface area (Å²) >= 11 is 5.01. The fraction of sp³-hybridized carbons (Fsp3) is 0.286. The van der Waals surface area contributed by atoms with Gasteiger partial charge in [-0.2, -0.15) is 0 Å². The highest BCUT2D eigenvalue weighted by atomic mass is 32.1. The number of hydrogen-bond donors (Lipinski definition) is 3. The van der Waals surface area contributed by atoms with E-state index >= 15 is 0 Å². The summed E-state index contributed by atoms with van der Waals surface area (Å²) in [5, 5.41) is 2.45. The number of carbonyl (C=O) groups is 2. The molecule has 2 rings (SSSR count). The van der Waals surface area contributed by atoms with Crippen LogP contribution < -0.4 is 25.6 Å². The first-order valence-corrected chi connectivity index (χ1v) is 9.66. The molecule has 0 atom stereocenters. The molecule has 29 heavy (non-hydrogen) atoms. The summed E-state index contributed by atoms with van der Waals surface area (Å²) in [5.41, 5.74) is 6.44. The second-order valence-electron chi connectivity index (χ2n) is 6.43. The molecule has 2 amide bonds. The Morgan fingerprint density at radius 1 is 0.966 bits per heavy atom. The molecule has 2 aromatic carbocycles. The van der Waals surface area contributed by atoms with Crippen molar-refractivity contribution in [1.29, 1.82) is 0 Å². The Balaban J connectivity index is 1.72. The number of amides is 2. The van der Waals surface area contributed by atoms with Crippen molar-refractivity contribution in [3.8, 4) is 11.5 Å². The largest absolute Gasteiger partial charge is 0.491 e. The number of aryl methyl sites for hydroxylation is 1. The van der Waals surface area contributed by atoms with E-state index in [0.717, 1.165) is 6.42 Å². The molecule has 0 radical (unpaired) electrons. The van der Waals surface area contributed by atoms with Crippen LogP contribution >= 0.6 is 12.2 Å². The van der Waals surface area contributed by atoms with Gasteiger partial charge in [0.1, 0.15) is 11.5 Å². The molecule has 7 nitrogen and oxygen atoms in total. The molecule has 0 unspecified atom stereocenters. The molecule has 154 valence electrons. The van der Waals surface area contributed by atoms with Crippen LogP contribution in [0, 0.1) is 0 Å². The van der Waals surface area contributed by atoms with Crippen molar-refractivity contribution in [1.82, 2.24) is 16.2 Å². The molecule has 8 heteroatoms. The van der Waals surface area contributed by atoms with Gasteiger partial charge in [-0.3, -0.25) is 25.8 Å². The molecule has 0 bridgehead atoms. The Morgan fingerprint density at radius 3 is 2.17 bits per heavy atom. The lowest BCUT2D eigenvalue weighted by Crippen LogP contribution is -2.49. The van der Waals surface area contributed by atoms with Crippen molar-refractivity contribution in [3.05, 3.63) is 59.7 Å². The summed E-state index contributed by atoms with van der Waals surface area (Å²) in [7, 11) is 0. The minimum absolute atomic E-state index is 0.0295. The smallest absolute Gasteiger partial charge is 0.276 e. The topological polar surface area (TPSA) is 88.7 Å². The molecule has 2 aromatic rings. The summed E-state index contributed by atoms with van der Waals surface area (Å²) in [6.07, 6.45) is 0.985. The Morgan fingerprint density at radius 2 is 1.59 bits per heavy atom. The van der Waals surface area contributed by atoms with Crippen molar-refractivity contribution in [2.45, 2.75) is 33.3 Å². The zero-order chi connectivity index (χ0) is 21.2. The zero-order valence-corrected chi connectivity index (χ0v) is 17.5. The Labute approximate surface area is 175 Å². The minimum atomic E-state index is -0.434. The molecule has 0 aliphatic carbocycles. The van der Waals surface area contributed by atoms with E-state index in [-0.39, 0.29) is 17.8 Å². The lowest BCUT2D eigenvalue weighted by atomic mass is 10.2. The first-order valence-electron chi connectivity index (χ1n) is 9.26. The van der Waals surface area contributed by atoms with E-state index in [1.807, 2.05) is 38.1 Å². The quantitative estimate of drug-likeness (QED) is 0.476. The van der Waals surface area contributed by atoms with Gasteiger partial charge < -0.3 is 9.47 Å². The molecule has 0 saturated heterocycles. The SMILES string of the molecule is CCc1ccc(OCC(=O)NNC(=S)NC(=O)c2ccc(OC(C)C)cc2)cc1. The summed E-state index contributed by atoms with van der Waals surface area (Å²) in [6.45, 7) is 5.72. The molecule has 0 aromatic heterocycles. The van der Waals surface area contributed by atoms with Crippen LogP contribution in [0.15, 0.2) is 48.5 Å². The van der Waals surface area contributed by atoms with E-state index in [1.165, 1.54) is 5.56 Å². The molecule has 0 fully saturated rings. The predicted octanol–water partition coefficient (Wildman–Crippen LogP) is 2.75. The van der Waals surface area contributed by atoms with Gasteiger partial charge in [0, 0.05) is 5.56 Å². The van der Waals surface area contributed by atoms with Crippen molar-refractivity contribution in [2.75, 3.05) is 6.61 Å². The van der Waals surface area contributed by atoms with Gasteiger partial charge in [0.05, 0.1) is 6.10 Å². The first-order chi connectivity index (χ1) is 13.9. The Kier molecular flexibility index (Phi) is 8.42. The van der Waals surface area contributed by atoms with E-state index in [2.05, 4.69) is 23.1 Å². The number of rotatable bonds is 7.